The number of hydrogen-bond acceptors (Lipinski definition) is 3. The molecule has 0 aromatic rings. The van der Waals surface area contributed by atoms with Crippen LogP contribution in [0.15, 0.2) is 5.16 Å². The molecule has 1 atom stereocenters. The van der Waals surface area contributed by atoms with Crippen LogP contribution in [0.2, 0.25) is 0 Å². The Balaban J connectivity index is 2.65. The van der Waals surface area contributed by atoms with Crippen molar-refractivity contribution in [1.29, 1.82) is 0 Å². The number of amidine groups is 1. The molecule has 0 spiro atoms. The molecule has 0 aromatic heterocycles. The second-order valence-electron chi connectivity index (χ2n) is 3.04. The Labute approximate surface area is 59.9 Å². The number of nitrogens with two attached hydrogens (primary N) is 2. The molecule has 4 nitrogen and oxygen atoms in total. The van der Waals surface area contributed by atoms with Crippen molar-refractivity contribution < 1.29 is 5.21 Å². The molecule has 1 aliphatic rings. The molecule has 1 rings (SSSR count). The molecule has 0 saturated heterocycles. The summed E-state index contributed by atoms with van der Waals surface area (Å²) in [5.41, 5.74) is 10.5. The van der Waals surface area contributed by atoms with Crippen LogP contribution in [0.5, 0.6) is 0 Å². The second-order valence-corrected chi connectivity index (χ2v) is 3.04. The van der Waals surface area contributed by atoms with E-state index in [4.69, 9.17) is 16.7 Å². The predicted molar refractivity (Wildman–Crippen MR) is 38.7 cm³/mol. The average Bonchev–Trinajstić information content (AvgIpc) is 2.66. The summed E-state index contributed by atoms with van der Waals surface area (Å²) in [6.07, 6.45) is 2.17. The Hall–Kier alpha value is -0.770. The minimum absolute atomic E-state index is 0.134. The topological polar surface area (TPSA) is 84.6 Å². The van der Waals surface area contributed by atoms with Gasteiger partial charge in [0.15, 0.2) is 5.84 Å². The van der Waals surface area contributed by atoms with E-state index in [2.05, 4.69) is 5.16 Å². The zero-order chi connectivity index (χ0) is 7.78. The monoisotopic (exact) mass is 143 g/mol. The lowest BCUT2D eigenvalue weighted by atomic mass is 9.96. The van der Waals surface area contributed by atoms with Gasteiger partial charge in [0, 0.05) is 0 Å². The van der Waals surface area contributed by atoms with Crippen LogP contribution in [0.4, 0.5) is 0 Å². The summed E-state index contributed by atoms with van der Waals surface area (Å²) in [5, 5.41) is 11.2. The van der Waals surface area contributed by atoms with Gasteiger partial charge < -0.3 is 16.7 Å². The summed E-state index contributed by atoms with van der Waals surface area (Å²) in [4.78, 5) is 0. The lowest BCUT2D eigenvalue weighted by Gasteiger charge is -2.21. The molecule has 1 saturated carbocycles. The van der Waals surface area contributed by atoms with Crippen molar-refractivity contribution in [2.45, 2.75) is 25.3 Å². The van der Waals surface area contributed by atoms with Crippen LogP contribution < -0.4 is 11.5 Å². The quantitative estimate of drug-likeness (QED) is 0.218. The summed E-state index contributed by atoms with van der Waals surface area (Å²) in [5.74, 6) is 0.540. The van der Waals surface area contributed by atoms with Gasteiger partial charge in [-0.1, -0.05) is 5.16 Å². The maximum atomic E-state index is 8.33. The van der Waals surface area contributed by atoms with Gasteiger partial charge in [-0.3, -0.25) is 0 Å². The van der Waals surface area contributed by atoms with E-state index >= 15 is 0 Å². The first-order chi connectivity index (χ1) is 4.59. The largest absolute Gasteiger partial charge is 0.409 e. The minimum Gasteiger partial charge on any atom is -0.409 e. The van der Waals surface area contributed by atoms with Crippen molar-refractivity contribution in [2.24, 2.45) is 22.5 Å². The number of oxime groups is 1. The molecule has 0 radical (unpaired) electrons. The zero-order valence-electron chi connectivity index (χ0n) is 6.04. The van der Waals surface area contributed by atoms with Crippen LogP contribution in [0.3, 0.4) is 0 Å². The van der Waals surface area contributed by atoms with Gasteiger partial charge in [-0.25, -0.2) is 0 Å². The highest BCUT2D eigenvalue weighted by Gasteiger charge is 2.41. The van der Waals surface area contributed by atoms with Crippen molar-refractivity contribution in [3.8, 4) is 0 Å². The third-order valence-electron chi connectivity index (χ3n) is 2.09. The Morgan fingerprint density at radius 1 is 1.70 bits per heavy atom. The van der Waals surface area contributed by atoms with Gasteiger partial charge in [-0.2, -0.15) is 0 Å². The van der Waals surface area contributed by atoms with Gasteiger partial charge >= 0.3 is 0 Å². The normalized spacial score (nSPS) is 26.0. The van der Waals surface area contributed by atoms with Crippen molar-refractivity contribution >= 4 is 5.84 Å². The Morgan fingerprint density at radius 3 is 2.50 bits per heavy atom. The number of hydrogen-bond donors (Lipinski definition) is 3. The average molecular weight is 143 g/mol. The highest BCUT2D eigenvalue weighted by molar-refractivity contribution is 5.89. The van der Waals surface area contributed by atoms with E-state index in [9.17, 15) is 0 Å². The molecule has 0 amide bonds. The zero-order valence-corrected chi connectivity index (χ0v) is 6.04. The van der Waals surface area contributed by atoms with Crippen LogP contribution in [0.25, 0.3) is 0 Å². The van der Waals surface area contributed by atoms with Gasteiger partial charge in [-0.15, -0.1) is 0 Å². The summed E-state index contributed by atoms with van der Waals surface area (Å²) in [7, 11) is 0. The molecule has 10 heavy (non-hydrogen) atoms. The van der Waals surface area contributed by atoms with Gasteiger partial charge in [0.2, 0.25) is 0 Å². The molecule has 0 aromatic carbocycles. The second kappa shape index (κ2) is 2.12. The molecule has 1 unspecified atom stereocenters. The summed E-state index contributed by atoms with van der Waals surface area (Å²) < 4.78 is 0. The van der Waals surface area contributed by atoms with Gasteiger partial charge in [0.25, 0.3) is 0 Å². The highest BCUT2D eigenvalue weighted by atomic mass is 16.4. The SMILES string of the molecule is CC(N)(/C(N)=N/O)C1CC1. The maximum absolute atomic E-state index is 8.33. The third kappa shape index (κ3) is 1.07. The van der Waals surface area contributed by atoms with Crippen molar-refractivity contribution in [1.82, 2.24) is 0 Å². The Bertz CT molecular complexity index is 160. The molecule has 58 valence electrons. The first-order valence-corrected chi connectivity index (χ1v) is 3.36. The third-order valence-corrected chi connectivity index (χ3v) is 2.09. The summed E-state index contributed by atoms with van der Waals surface area (Å²) in [6.45, 7) is 1.79. The van der Waals surface area contributed by atoms with E-state index in [0.29, 0.717) is 5.92 Å². The fourth-order valence-corrected chi connectivity index (χ4v) is 1.000. The van der Waals surface area contributed by atoms with Crippen molar-refractivity contribution in [2.75, 3.05) is 0 Å². The molecule has 1 aliphatic carbocycles. The Kier molecular flexibility index (Phi) is 1.56. The highest BCUT2D eigenvalue weighted by Crippen LogP contribution is 2.37. The summed E-state index contributed by atoms with van der Waals surface area (Å²) in [6, 6.07) is 0. The van der Waals surface area contributed by atoms with Crippen LogP contribution in [0, 0.1) is 5.92 Å². The molecule has 1 fully saturated rings. The molecule has 4 heteroatoms. The van der Waals surface area contributed by atoms with Gasteiger partial charge in [0.05, 0.1) is 5.54 Å². The maximum Gasteiger partial charge on any atom is 0.159 e. The number of nitrogens with zero attached hydrogens (tertiary/aromatic N) is 1. The van der Waals surface area contributed by atoms with E-state index in [-0.39, 0.29) is 5.84 Å². The van der Waals surface area contributed by atoms with Crippen LogP contribution in [-0.4, -0.2) is 16.6 Å². The fraction of sp³-hybridized carbons (Fsp3) is 0.833. The Morgan fingerprint density at radius 2 is 2.20 bits per heavy atom. The van der Waals surface area contributed by atoms with Crippen LogP contribution >= 0.6 is 0 Å². The van der Waals surface area contributed by atoms with E-state index in [1.807, 2.05) is 0 Å². The van der Waals surface area contributed by atoms with E-state index in [1.165, 1.54) is 0 Å². The predicted octanol–water partition coefficient (Wildman–Crippen LogP) is -0.140. The number of rotatable bonds is 2. The molecule has 0 aliphatic heterocycles. The van der Waals surface area contributed by atoms with Gasteiger partial charge in [0.1, 0.15) is 0 Å². The van der Waals surface area contributed by atoms with Crippen LogP contribution in [-0.2, 0) is 0 Å². The first kappa shape index (κ1) is 7.34. The lowest BCUT2D eigenvalue weighted by molar-refractivity contribution is 0.310. The van der Waals surface area contributed by atoms with Crippen molar-refractivity contribution in [3.05, 3.63) is 0 Å². The smallest absolute Gasteiger partial charge is 0.159 e. The first-order valence-electron chi connectivity index (χ1n) is 3.36. The van der Waals surface area contributed by atoms with Crippen LogP contribution in [0.1, 0.15) is 19.8 Å². The molecular weight excluding hydrogens is 130 g/mol. The molecular formula is C6H13N3O. The molecule has 0 bridgehead atoms. The van der Waals surface area contributed by atoms with E-state index in [1.54, 1.807) is 6.92 Å². The standard InChI is InChI=1S/C6H13N3O/c1-6(8,4-2-3-4)5(7)9-10/h4,10H,2-3,8H2,1H3,(H2,7,9). The lowest BCUT2D eigenvalue weighted by Crippen LogP contribution is -2.51. The van der Waals surface area contributed by atoms with E-state index < -0.39 is 5.54 Å². The van der Waals surface area contributed by atoms with E-state index in [0.717, 1.165) is 12.8 Å². The fourth-order valence-electron chi connectivity index (χ4n) is 1.000. The van der Waals surface area contributed by atoms with Crippen molar-refractivity contribution in [3.63, 3.8) is 0 Å². The summed E-state index contributed by atoms with van der Waals surface area (Å²) >= 11 is 0. The van der Waals surface area contributed by atoms with Gasteiger partial charge in [-0.05, 0) is 25.7 Å². The minimum atomic E-state index is -0.602. The molecule has 5 N–H and O–H groups in total. The molecule has 0 heterocycles.